The molecule has 3 aromatic rings. The van der Waals surface area contributed by atoms with Gasteiger partial charge in [0.15, 0.2) is 0 Å². The highest BCUT2D eigenvalue weighted by molar-refractivity contribution is 7.73. The highest BCUT2D eigenvalue weighted by Crippen LogP contribution is 2.51. The summed E-state index contributed by atoms with van der Waals surface area (Å²) >= 11 is 0. The second-order valence-electron chi connectivity index (χ2n) is 5.08. The molecule has 3 heteroatoms. The summed E-state index contributed by atoms with van der Waals surface area (Å²) in [7, 11) is -0.625. The summed E-state index contributed by atoms with van der Waals surface area (Å²) in [5.74, 6) is 0.952. The summed E-state index contributed by atoms with van der Waals surface area (Å²) in [4.78, 5) is 0. The smallest absolute Gasteiger partial charge is 0.111 e. The maximum Gasteiger partial charge on any atom is 0.111 e. The van der Waals surface area contributed by atoms with E-state index in [1.807, 2.05) is 24.3 Å². The van der Waals surface area contributed by atoms with E-state index in [4.69, 9.17) is 4.42 Å². The summed E-state index contributed by atoms with van der Waals surface area (Å²) in [5, 5.41) is 12.2. The van der Waals surface area contributed by atoms with Crippen molar-refractivity contribution in [1.29, 1.82) is 0 Å². The van der Waals surface area contributed by atoms with Crippen molar-refractivity contribution in [2.45, 2.75) is 12.1 Å². The van der Waals surface area contributed by atoms with Gasteiger partial charge in [0.2, 0.25) is 0 Å². The van der Waals surface area contributed by atoms with Crippen LogP contribution in [0.4, 0.5) is 0 Å². The molecule has 2 aromatic carbocycles. The molecule has 0 saturated heterocycles. The van der Waals surface area contributed by atoms with Crippen LogP contribution in [-0.4, -0.2) is 11.7 Å². The fourth-order valence-corrected chi connectivity index (χ4v) is 5.47. The van der Waals surface area contributed by atoms with Crippen molar-refractivity contribution in [1.82, 2.24) is 0 Å². The van der Waals surface area contributed by atoms with Gasteiger partial charge in [-0.25, -0.2) is 0 Å². The first-order chi connectivity index (χ1) is 10.9. The Labute approximate surface area is 132 Å². The van der Waals surface area contributed by atoms with Gasteiger partial charge in [-0.2, -0.15) is 0 Å². The van der Waals surface area contributed by atoms with Gasteiger partial charge in [0, 0.05) is 12.3 Å². The summed E-state index contributed by atoms with van der Waals surface area (Å²) < 4.78 is 5.68. The molecule has 0 saturated carbocycles. The third-order valence-corrected chi connectivity index (χ3v) is 6.50. The average Bonchev–Trinajstić information content (AvgIpc) is 3.11. The van der Waals surface area contributed by atoms with Gasteiger partial charge in [-0.05, 0) is 37.1 Å². The second-order valence-corrected chi connectivity index (χ2v) is 7.48. The van der Waals surface area contributed by atoms with Gasteiger partial charge in [-0.15, -0.1) is 0 Å². The number of aliphatic hydroxyl groups excluding tert-OH is 1. The van der Waals surface area contributed by atoms with E-state index >= 15 is 0 Å². The molecule has 1 heterocycles. The van der Waals surface area contributed by atoms with Gasteiger partial charge in [0.25, 0.3) is 0 Å². The van der Waals surface area contributed by atoms with Crippen LogP contribution in [0.5, 0.6) is 0 Å². The van der Waals surface area contributed by atoms with E-state index < -0.39 is 7.92 Å². The van der Waals surface area contributed by atoms with E-state index in [1.54, 1.807) is 6.26 Å². The van der Waals surface area contributed by atoms with E-state index in [0.717, 1.165) is 5.76 Å². The molecule has 0 unspecified atom stereocenters. The van der Waals surface area contributed by atoms with Crippen LogP contribution in [0.2, 0.25) is 0 Å². The summed E-state index contributed by atoms with van der Waals surface area (Å²) in [6.07, 6.45) is 2.41. The largest absolute Gasteiger partial charge is 0.469 e. The highest BCUT2D eigenvalue weighted by Gasteiger charge is 2.27. The minimum absolute atomic E-state index is 0.157. The minimum atomic E-state index is -0.625. The first kappa shape index (κ1) is 15.0. The average molecular weight is 310 g/mol. The molecule has 0 fully saturated rings. The third-order valence-electron chi connectivity index (χ3n) is 3.65. The van der Waals surface area contributed by atoms with E-state index in [0.29, 0.717) is 6.42 Å². The first-order valence-corrected chi connectivity index (χ1v) is 8.85. The fourth-order valence-electron chi connectivity index (χ4n) is 2.69. The molecular formula is C19H19O2P. The normalized spacial score (nSPS) is 12.5. The monoisotopic (exact) mass is 310 g/mol. The Morgan fingerprint density at radius 1 is 0.818 bits per heavy atom. The number of hydrogen-bond acceptors (Lipinski definition) is 2. The zero-order chi connectivity index (χ0) is 15.2. The van der Waals surface area contributed by atoms with Crippen LogP contribution in [0.1, 0.15) is 17.8 Å². The Morgan fingerprint density at radius 2 is 1.41 bits per heavy atom. The molecule has 2 nitrogen and oxygen atoms in total. The Kier molecular flexibility index (Phi) is 5.05. The first-order valence-electron chi connectivity index (χ1n) is 7.44. The molecule has 0 aliphatic rings. The quantitative estimate of drug-likeness (QED) is 0.702. The topological polar surface area (TPSA) is 33.4 Å². The van der Waals surface area contributed by atoms with Gasteiger partial charge in [0.05, 0.1) is 6.26 Å². The molecular weight excluding hydrogens is 291 g/mol. The van der Waals surface area contributed by atoms with Crippen molar-refractivity contribution in [2.24, 2.45) is 0 Å². The third kappa shape index (κ3) is 3.30. The van der Waals surface area contributed by atoms with Crippen molar-refractivity contribution in [2.75, 3.05) is 6.61 Å². The van der Waals surface area contributed by atoms with E-state index in [1.165, 1.54) is 10.6 Å². The predicted octanol–water partition coefficient (Wildman–Crippen LogP) is 3.84. The molecule has 0 aliphatic carbocycles. The van der Waals surface area contributed by atoms with Crippen LogP contribution < -0.4 is 10.6 Å². The van der Waals surface area contributed by atoms with Gasteiger partial charge < -0.3 is 9.52 Å². The summed E-state index contributed by atoms with van der Waals surface area (Å²) in [6, 6.07) is 25.0. The van der Waals surface area contributed by atoms with Crippen LogP contribution >= 0.6 is 7.92 Å². The molecule has 1 atom stereocenters. The summed E-state index contributed by atoms with van der Waals surface area (Å²) in [6.45, 7) is 0.157. The number of furan rings is 1. The van der Waals surface area contributed by atoms with Crippen LogP contribution in [-0.2, 0) is 0 Å². The van der Waals surface area contributed by atoms with Gasteiger partial charge in [-0.3, -0.25) is 0 Å². The number of rotatable bonds is 6. The lowest BCUT2D eigenvalue weighted by molar-refractivity contribution is 0.282. The molecule has 0 bridgehead atoms. The molecule has 1 N–H and O–H groups in total. The lowest BCUT2D eigenvalue weighted by Crippen LogP contribution is -2.17. The predicted molar refractivity (Wildman–Crippen MR) is 92.2 cm³/mol. The molecule has 22 heavy (non-hydrogen) atoms. The van der Waals surface area contributed by atoms with E-state index in [-0.39, 0.29) is 12.3 Å². The second kappa shape index (κ2) is 7.40. The van der Waals surface area contributed by atoms with Crippen molar-refractivity contribution in [3.05, 3.63) is 84.8 Å². The van der Waals surface area contributed by atoms with Crippen molar-refractivity contribution < 1.29 is 9.52 Å². The number of hydrogen-bond donors (Lipinski definition) is 1. The summed E-state index contributed by atoms with van der Waals surface area (Å²) in [5.41, 5.74) is 0.180. The van der Waals surface area contributed by atoms with Crippen LogP contribution in [0, 0.1) is 0 Å². The molecule has 0 radical (unpaired) electrons. The minimum Gasteiger partial charge on any atom is -0.469 e. The van der Waals surface area contributed by atoms with Gasteiger partial charge in [0.1, 0.15) is 5.76 Å². The molecule has 0 aliphatic heterocycles. The Morgan fingerprint density at radius 3 is 1.86 bits per heavy atom. The molecule has 0 amide bonds. The highest BCUT2D eigenvalue weighted by atomic mass is 31.1. The maximum atomic E-state index is 9.55. The zero-order valence-corrected chi connectivity index (χ0v) is 13.2. The molecule has 1 aromatic heterocycles. The van der Waals surface area contributed by atoms with Gasteiger partial charge in [-0.1, -0.05) is 60.7 Å². The molecule has 3 rings (SSSR count). The van der Waals surface area contributed by atoms with Crippen molar-refractivity contribution in [3.63, 3.8) is 0 Å². The lowest BCUT2D eigenvalue weighted by Gasteiger charge is -2.26. The Balaban J connectivity index is 2.07. The molecule has 0 spiro atoms. The van der Waals surface area contributed by atoms with Crippen molar-refractivity contribution >= 4 is 18.5 Å². The standard InChI is InChI=1S/C19H19O2P/c20-14-13-19(18-12-7-15-21-18)22(16-8-3-1-4-9-16)17-10-5-2-6-11-17/h1-12,15,19-20H,13-14H2/t19-/m0/s1. The Hall–Kier alpha value is -1.89. The fraction of sp³-hybridized carbons (Fsp3) is 0.158. The maximum absolute atomic E-state index is 9.55. The number of benzene rings is 2. The zero-order valence-electron chi connectivity index (χ0n) is 12.3. The Bertz CT molecular complexity index is 626. The van der Waals surface area contributed by atoms with Gasteiger partial charge >= 0.3 is 0 Å². The van der Waals surface area contributed by atoms with E-state index in [2.05, 4.69) is 48.5 Å². The van der Waals surface area contributed by atoms with Crippen LogP contribution in [0.15, 0.2) is 83.5 Å². The molecule has 112 valence electrons. The number of aliphatic hydroxyl groups is 1. The van der Waals surface area contributed by atoms with Crippen LogP contribution in [0.3, 0.4) is 0 Å². The van der Waals surface area contributed by atoms with Crippen molar-refractivity contribution in [3.8, 4) is 0 Å². The SMILES string of the molecule is OCC[C@@H](c1ccco1)P(c1ccccc1)c1ccccc1. The van der Waals surface area contributed by atoms with Crippen LogP contribution in [0.25, 0.3) is 0 Å². The lowest BCUT2D eigenvalue weighted by atomic mass is 10.2. The van der Waals surface area contributed by atoms with E-state index in [9.17, 15) is 5.11 Å².